The Hall–Kier alpha value is -2.48. The Labute approximate surface area is 226 Å². The highest BCUT2D eigenvalue weighted by Crippen LogP contribution is 2.23. The minimum absolute atomic E-state index is 0.157. The third kappa shape index (κ3) is 10.6. The van der Waals surface area contributed by atoms with Gasteiger partial charge in [0.15, 0.2) is 13.2 Å². The highest BCUT2D eigenvalue weighted by Gasteiger charge is 2.20. The van der Waals surface area contributed by atoms with E-state index < -0.39 is 11.0 Å². The lowest BCUT2D eigenvalue weighted by molar-refractivity contribution is -0.124. The van der Waals surface area contributed by atoms with Crippen molar-refractivity contribution >= 4 is 42.7 Å². The van der Waals surface area contributed by atoms with Gasteiger partial charge in [0.1, 0.15) is 40.2 Å². The van der Waals surface area contributed by atoms with Gasteiger partial charge < -0.3 is 23.2 Å². The lowest BCUT2D eigenvalue weighted by Gasteiger charge is -2.18. The second kappa shape index (κ2) is 13.7. The molecule has 0 aliphatic rings. The molecule has 2 amide bonds. The predicted molar refractivity (Wildman–Crippen MR) is 142 cm³/mol. The van der Waals surface area contributed by atoms with Gasteiger partial charge in [-0.2, -0.15) is 0 Å². The van der Waals surface area contributed by atoms with Crippen LogP contribution in [0.2, 0.25) is 0 Å². The third-order valence-corrected chi connectivity index (χ3v) is 5.64. The topological polar surface area (TPSA) is 112 Å². The van der Waals surface area contributed by atoms with Crippen LogP contribution in [0.25, 0.3) is 0 Å². The number of carbonyl (C=O) groups excluding carboxylic acids is 2. The van der Waals surface area contributed by atoms with E-state index in [1.165, 1.54) is 32.3 Å². The zero-order valence-electron chi connectivity index (χ0n) is 20.8. The van der Waals surface area contributed by atoms with Crippen molar-refractivity contribution in [1.82, 2.24) is 20.6 Å². The zero-order chi connectivity index (χ0) is 26.8. The summed E-state index contributed by atoms with van der Waals surface area (Å²) in [6.45, 7) is 6.72. The molecule has 2 radical (unpaired) electrons. The Morgan fingerprint density at radius 3 is 1.94 bits per heavy atom. The molecule has 194 valence electrons. The van der Waals surface area contributed by atoms with E-state index in [1.807, 2.05) is 13.8 Å². The Bertz CT molecular complexity index is 982. The van der Waals surface area contributed by atoms with Crippen molar-refractivity contribution in [3.8, 4) is 11.5 Å². The van der Waals surface area contributed by atoms with E-state index in [0.717, 1.165) is 5.69 Å². The number of nitrogens with one attached hydrogen (secondary N) is 2. The molecular formula is C24H31BFIN4O5. The van der Waals surface area contributed by atoms with Gasteiger partial charge in [-0.3, -0.25) is 19.6 Å². The van der Waals surface area contributed by atoms with Gasteiger partial charge in [-0.15, -0.1) is 0 Å². The number of pyridine rings is 2. The lowest BCUT2D eigenvalue weighted by Crippen LogP contribution is -2.38. The molecule has 9 nitrogen and oxygen atoms in total. The number of carbonyl (C=O) groups is 2. The number of ether oxygens (including phenoxy) is 2. The first-order chi connectivity index (χ1) is 16.9. The molecule has 0 spiro atoms. The fourth-order valence-electron chi connectivity index (χ4n) is 2.84. The van der Waals surface area contributed by atoms with Gasteiger partial charge in [0.2, 0.25) is 0 Å². The minimum Gasteiger partial charge on any atom is -0.482 e. The van der Waals surface area contributed by atoms with Crippen LogP contribution < -0.4 is 20.1 Å². The molecule has 0 aliphatic heterocycles. The van der Waals surface area contributed by atoms with E-state index in [-0.39, 0.29) is 43.4 Å². The second-order valence-corrected chi connectivity index (χ2v) is 9.69. The van der Waals surface area contributed by atoms with Gasteiger partial charge in [0, 0.05) is 18.8 Å². The van der Waals surface area contributed by atoms with Crippen molar-refractivity contribution in [3.05, 3.63) is 48.0 Å². The van der Waals surface area contributed by atoms with E-state index in [9.17, 15) is 14.0 Å². The Morgan fingerprint density at radius 2 is 1.50 bits per heavy atom. The first-order valence-electron chi connectivity index (χ1n) is 11.4. The van der Waals surface area contributed by atoms with Gasteiger partial charge in [0.05, 0.1) is 32.0 Å². The summed E-state index contributed by atoms with van der Waals surface area (Å²) in [6.07, 6.45) is 3.06. The van der Waals surface area contributed by atoms with Gasteiger partial charge >= 0.3 is 0 Å². The molecular weight excluding hydrogens is 581 g/mol. The molecule has 2 aromatic rings. The maximum atomic E-state index is 13.8. The van der Waals surface area contributed by atoms with Crippen LogP contribution in [-0.4, -0.2) is 62.0 Å². The van der Waals surface area contributed by atoms with Crippen LogP contribution in [0, 0.1) is 0 Å². The molecule has 2 rings (SSSR count). The van der Waals surface area contributed by atoms with E-state index in [2.05, 4.69) is 20.6 Å². The van der Waals surface area contributed by atoms with Crippen molar-refractivity contribution in [3.63, 3.8) is 0 Å². The largest absolute Gasteiger partial charge is 0.482 e. The molecule has 2 aromatic heterocycles. The fourth-order valence-corrected chi connectivity index (χ4v) is 3.28. The van der Waals surface area contributed by atoms with Gasteiger partial charge in [-0.05, 0) is 49.8 Å². The van der Waals surface area contributed by atoms with E-state index in [1.54, 1.807) is 41.2 Å². The standard InChI is InChI=1S/C24H31BFIN4O5/c1-23(2,25)19-7-5-16(11-29-19)34-14-21(32)28-10-9-18(36-27)13-31-22(33)15-35-17-6-8-20(30-12-17)24(3,4)26/h5-8,11-12,18H,9-10,13-15H2,1-4H3,(H,28,32)(H,31,33). The third-order valence-electron chi connectivity index (χ3n) is 4.92. The normalized spacial score (nSPS) is 12.5. The summed E-state index contributed by atoms with van der Waals surface area (Å²) in [5.41, 5.74) is -0.554. The van der Waals surface area contributed by atoms with Gasteiger partial charge in [-0.25, -0.2) is 4.39 Å². The average Bonchev–Trinajstić information content (AvgIpc) is 2.83. The van der Waals surface area contributed by atoms with Crippen LogP contribution in [0.5, 0.6) is 11.5 Å². The zero-order valence-corrected chi connectivity index (χ0v) is 23.0. The first kappa shape index (κ1) is 29.8. The monoisotopic (exact) mass is 612 g/mol. The number of aromatic nitrogens is 2. The number of amides is 2. The van der Waals surface area contributed by atoms with Crippen LogP contribution in [0.1, 0.15) is 45.5 Å². The fraction of sp³-hybridized carbons (Fsp3) is 0.500. The summed E-state index contributed by atoms with van der Waals surface area (Å²) in [4.78, 5) is 32.4. The summed E-state index contributed by atoms with van der Waals surface area (Å²) in [6, 6.07) is 6.55. The molecule has 12 heteroatoms. The van der Waals surface area contributed by atoms with Crippen molar-refractivity contribution in [2.45, 2.75) is 51.2 Å². The summed E-state index contributed by atoms with van der Waals surface area (Å²) in [5, 5.41) is 4.90. The van der Waals surface area contributed by atoms with E-state index in [0.29, 0.717) is 24.5 Å². The molecule has 0 aromatic carbocycles. The summed E-state index contributed by atoms with van der Waals surface area (Å²) >= 11 is 1.75. The van der Waals surface area contributed by atoms with Crippen LogP contribution in [0.4, 0.5) is 4.39 Å². The van der Waals surface area contributed by atoms with Crippen LogP contribution in [0.15, 0.2) is 36.7 Å². The molecule has 36 heavy (non-hydrogen) atoms. The Balaban J connectivity index is 1.63. The molecule has 0 saturated carbocycles. The van der Waals surface area contributed by atoms with E-state index >= 15 is 0 Å². The van der Waals surface area contributed by atoms with Crippen LogP contribution in [-0.2, 0) is 23.6 Å². The number of halogens is 2. The Kier molecular flexibility index (Phi) is 11.3. The molecule has 2 heterocycles. The molecule has 2 N–H and O–H groups in total. The lowest BCUT2D eigenvalue weighted by atomic mass is 9.70. The SMILES string of the molecule is [B]C(C)(C)c1ccc(OCC(=O)NCCC(CNC(=O)COc2ccc(C(C)(C)F)nc2)OI)cn1. The van der Waals surface area contributed by atoms with E-state index in [4.69, 9.17) is 20.4 Å². The van der Waals surface area contributed by atoms with Crippen molar-refractivity contribution in [2.24, 2.45) is 0 Å². The molecule has 0 saturated heterocycles. The van der Waals surface area contributed by atoms with Crippen LogP contribution in [0.3, 0.4) is 0 Å². The van der Waals surface area contributed by atoms with Crippen LogP contribution >= 0.6 is 23.0 Å². The van der Waals surface area contributed by atoms with Gasteiger partial charge in [-0.1, -0.05) is 13.8 Å². The summed E-state index contributed by atoms with van der Waals surface area (Å²) < 4.78 is 30.0. The molecule has 0 bridgehead atoms. The minimum atomic E-state index is -1.55. The number of hydrogen-bond acceptors (Lipinski definition) is 7. The molecule has 1 atom stereocenters. The number of nitrogens with zero attached hydrogens (tertiary/aromatic N) is 2. The molecule has 1 unspecified atom stereocenters. The number of alkyl halides is 1. The van der Waals surface area contributed by atoms with Crippen molar-refractivity contribution in [2.75, 3.05) is 26.3 Å². The average molecular weight is 612 g/mol. The summed E-state index contributed by atoms with van der Waals surface area (Å²) in [5.74, 6) is 0.186. The van der Waals surface area contributed by atoms with Crippen molar-refractivity contribution < 1.29 is 26.5 Å². The summed E-state index contributed by atoms with van der Waals surface area (Å²) in [7, 11) is 5.99. The smallest absolute Gasteiger partial charge is 0.258 e. The quantitative estimate of drug-likeness (QED) is 0.250. The highest BCUT2D eigenvalue weighted by atomic mass is 127. The maximum Gasteiger partial charge on any atom is 0.258 e. The second-order valence-electron chi connectivity index (χ2n) is 9.18. The predicted octanol–water partition coefficient (Wildman–Crippen LogP) is 2.90. The number of rotatable bonds is 14. The number of hydrogen-bond donors (Lipinski definition) is 2. The van der Waals surface area contributed by atoms with Gasteiger partial charge in [0.25, 0.3) is 11.8 Å². The Morgan fingerprint density at radius 1 is 0.972 bits per heavy atom. The molecule has 0 fully saturated rings. The highest BCUT2D eigenvalue weighted by molar-refractivity contribution is 14.1. The molecule has 0 aliphatic carbocycles. The maximum absolute atomic E-state index is 13.8. The van der Waals surface area contributed by atoms with Crippen molar-refractivity contribution in [1.29, 1.82) is 0 Å². The first-order valence-corrected chi connectivity index (χ1v) is 12.2.